The highest BCUT2D eigenvalue weighted by atomic mass is 32.1. The van der Waals surface area contributed by atoms with Gasteiger partial charge < -0.3 is 25.3 Å². The lowest BCUT2D eigenvalue weighted by Gasteiger charge is -2.35. The molecule has 0 saturated heterocycles. The van der Waals surface area contributed by atoms with Gasteiger partial charge in [-0.1, -0.05) is 6.07 Å². The number of methoxy groups -OCH3 is 3. The number of hydrogen-bond donors (Lipinski definition) is 2. The first-order chi connectivity index (χ1) is 15.5. The summed E-state index contributed by atoms with van der Waals surface area (Å²) in [5.74, 6) is 2.30. The Morgan fingerprint density at radius 1 is 1.16 bits per heavy atom. The van der Waals surface area contributed by atoms with E-state index >= 15 is 0 Å². The van der Waals surface area contributed by atoms with E-state index in [9.17, 15) is 4.79 Å². The molecule has 2 aromatic heterocycles. The Morgan fingerprint density at radius 2 is 1.91 bits per heavy atom. The van der Waals surface area contributed by atoms with Crippen LogP contribution in [0.25, 0.3) is 0 Å². The van der Waals surface area contributed by atoms with Gasteiger partial charge in [0.05, 0.1) is 21.3 Å². The first-order valence-electron chi connectivity index (χ1n) is 10.1. The van der Waals surface area contributed by atoms with Crippen LogP contribution in [0.3, 0.4) is 0 Å². The highest BCUT2D eigenvalue weighted by Gasteiger charge is 2.40. The van der Waals surface area contributed by atoms with Gasteiger partial charge >= 0.3 is 0 Å². The van der Waals surface area contributed by atoms with Crippen molar-refractivity contribution in [2.24, 2.45) is 0 Å². The summed E-state index contributed by atoms with van der Waals surface area (Å²) >= 11 is 1.67. The van der Waals surface area contributed by atoms with Crippen molar-refractivity contribution in [3.8, 4) is 17.2 Å². The molecule has 0 bridgehead atoms. The van der Waals surface area contributed by atoms with E-state index in [1.807, 2.05) is 23.6 Å². The number of carbonyl (C=O) groups excluding carboxylic acids is 1. The molecule has 9 nitrogen and oxygen atoms in total. The molecule has 1 aliphatic carbocycles. The minimum absolute atomic E-state index is 0.0654. The lowest BCUT2D eigenvalue weighted by atomic mass is 9.80. The fourth-order valence-corrected chi connectivity index (χ4v) is 5.35. The predicted molar refractivity (Wildman–Crippen MR) is 121 cm³/mol. The number of nitrogens with one attached hydrogen (secondary N) is 1. The van der Waals surface area contributed by atoms with E-state index in [4.69, 9.17) is 19.9 Å². The maximum atomic E-state index is 13.5. The molecule has 0 fully saturated rings. The molecule has 3 heterocycles. The van der Waals surface area contributed by atoms with Crippen molar-refractivity contribution in [1.82, 2.24) is 14.8 Å². The Kier molecular flexibility index (Phi) is 5.01. The summed E-state index contributed by atoms with van der Waals surface area (Å²) in [5, 5.41) is 9.72. The van der Waals surface area contributed by atoms with Crippen LogP contribution in [0.5, 0.6) is 17.2 Å². The molecule has 32 heavy (non-hydrogen) atoms. The number of carbonyl (C=O) groups is 1. The molecule has 2 atom stereocenters. The van der Waals surface area contributed by atoms with Gasteiger partial charge in [-0.25, -0.2) is 4.68 Å². The SMILES string of the molecule is COc1cc([C@@H]2C3=C(C[C@@H](c4cccs4)CC3=O)Nc3nc(N)nn32)cc(OC)c1OC. The van der Waals surface area contributed by atoms with E-state index in [2.05, 4.69) is 21.5 Å². The molecule has 166 valence electrons. The number of rotatable bonds is 5. The number of benzene rings is 1. The van der Waals surface area contributed by atoms with Gasteiger partial charge in [0, 0.05) is 28.5 Å². The molecule has 10 heteroatoms. The molecule has 0 saturated carbocycles. The quantitative estimate of drug-likeness (QED) is 0.605. The minimum atomic E-state index is -0.517. The van der Waals surface area contributed by atoms with Crippen molar-refractivity contribution in [2.75, 3.05) is 32.4 Å². The number of Topliss-reactive ketones (excluding diaryl/α,β-unsaturated/α-hetero) is 1. The zero-order chi connectivity index (χ0) is 22.4. The third kappa shape index (κ3) is 3.18. The van der Waals surface area contributed by atoms with E-state index < -0.39 is 6.04 Å². The minimum Gasteiger partial charge on any atom is -0.493 e. The molecular formula is C22H23N5O4S. The van der Waals surface area contributed by atoms with E-state index in [0.717, 1.165) is 11.3 Å². The number of nitrogens with two attached hydrogens (primary N) is 1. The number of ether oxygens (including phenoxy) is 3. The summed E-state index contributed by atoms with van der Waals surface area (Å²) in [6, 6.07) is 7.24. The average Bonchev–Trinajstić information content (AvgIpc) is 3.45. The standard InChI is InChI=1S/C22H23N5O4S/c1-29-15-9-12(10-16(30-2)20(15)31-3)19-18-13(24-22-25-21(23)26-27(19)22)7-11(8-14(18)28)17-5-4-6-32-17/h4-6,9-11,19H,7-8H2,1-3H3,(H3,23,24,25,26)/t11-,19-/m1/s1. The first kappa shape index (κ1) is 20.4. The van der Waals surface area contributed by atoms with Crippen molar-refractivity contribution < 1.29 is 19.0 Å². The first-order valence-corrected chi connectivity index (χ1v) is 11.0. The number of allylic oxidation sites excluding steroid dienone is 2. The number of aromatic nitrogens is 3. The third-order valence-electron chi connectivity index (χ3n) is 5.88. The van der Waals surface area contributed by atoms with Crippen LogP contribution in [0.15, 0.2) is 40.9 Å². The summed E-state index contributed by atoms with van der Waals surface area (Å²) in [5.41, 5.74) is 8.20. The highest BCUT2D eigenvalue weighted by Crippen LogP contribution is 2.47. The van der Waals surface area contributed by atoms with E-state index in [1.54, 1.807) is 37.3 Å². The zero-order valence-electron chi connectivity index (χ0n) is 17.9. The van der Waals surface area contributed by atoms with Crippen LogP contribution in [0.2, 0.25) is 0 Å². The summed E-state index contributed by atoms with van der Waals surface area (Å²) in [7, 11) is 4.67. The zero-order valence-corrected chi connectivity index (χ0v) is 18.7. The van der Waals surface area contributed by atoms with E-state index in [-0.39, 0.29) is 17.6 Å². The van der Waals surface area contributed by atoms with Gasteiger partial charge in [0.2, 0.25) is 17.6 Å². The number of ketones is 1. The highest BCUT2D eigenvalue weighted by molar-refractivity contribution is 7.10. The second-order valence-electron chi connectivity index (χ2n) is 7.66. The number of anilines is 2. The molecule has 1 aromatic carbocycles. The normalized spacial score (nSPS) is 19.8. The van der Waals surface area contributed by atoms with Crippen molar-refractivity contribution >= 4 is 29.0 Å². The molecule has 3 aromatic rings. The molecule has 1 aliphatic heterocycles. The number of hydrogen-bond acceptors (Lipinski definition) is 9. The van der Waals surface area contributed by atoms with Crippen LogP contribution in [0.1, 0.15) is 35.2 Å². The number of fused-ring (bicyclic) bond motifs is 1. The summed E-state index contributed by atoms with van der Waals surface area (Å²) in [6.07, 6.45) is 1.14. The lowest BCUT2D eigenvalue weighted by Crippen LogP contribution is -2.33. The Morgan fingerprint density at radius 3 is 2.53 bits per heavy atom. The molecule has 0 spiro atoms. The summed E-state index contributed by atoms with van der Waals surface area (Å²) in [6.45, 7) is 0. The van der Waals surface area contributed by atoms with Gasteiger partial charge in [-0.15, -0.1) is 16.4 Å². The average molecular weight is 454 g/mol. The molecule has 0 amide bonds. The maximum absolute atomic E-state index is 13.5. The van der Waals surface area contributed by atoms with E-state index in [1.165, 1.54) is 4.88 Å². The fourth-order valence-electron chi connectivity index (χ4n) is 4.52. The number of nitrogen functional groups attached to an aromatic ring is 1. The number of nitrogens with zero attached hydrogens (tertiary/aromatic N) is 3. The predicted octanol–water partition coefficient (Wildman–Crippen LogP) is 3.36. The molecule has 2 aliphatic rings. The van der Waals surface area contributed by atoms with Crippen molar-refractivity contribution in [2.45, 2.75) is 24.8 Å². The van der Waals surface area contributed by atoms with E-state index in [0.29, 0.717) is 41.6 Å². The Hall–Kier alpha value is -3.53. The van der Waals surface area contributed by atoms with Crippen molar-refractivity contribution in [1.29, 1.82) is 0 Å². The van der Waals surface area contributed by atoms with Crippen molar-refractivity contribution in [3.05, 3.63) is 51.4 Å². The Balaban J connectivity index is 1.67. The number of thiophene rings is 1. The second-order valence-corrected chi connectivity index (χ2v) is 8.64. The van der Waals surface area contributed by atoms with Gasteiger partial charge in [0.25, 0.3) is 0 Å². The maximum Gasteiger partial charge on any atom is 0.241 e. The van der Waals surface area contributed by atoms with Gasteiger partial charge in [-0.3, -0.25) is 4.79 Å². The molecule has 0 unspecified atom stereocenters. The van der Waals surface area contributed by atoms with Crippen LogP contribution in [-0.2, 0) is 4.79 Å². The van der Waals surface area contributed by atoms with Gasteiger partial charge in [0.15, 0.2) is 17.3 Å². The topological polar surface area (TPSA) is 114 Å². The van der Waals surface area contributed by atoms with Crippen molar-refractivity contribution in [3.63, 3.8) is 0 Å². The van der Waals surface area contributed by atoms with Gasteiger partial charge in [-0.05, 0) is 35.6 Å². The molecule has 3 N–H and O–H groups in total. The largest absolute Gasteiger partial charge is 0.493 e. The summed E-state index contributed by atoms with van der Waals surface area (Å²) < 4.78 is 18.2. The van der Waals surface area contributed by atoms with Crippen LogP contribution < -0.4 is 25.3 Å². The Labute approximate surface area is 188 Å². The van der Waals surface area contributed by atoms with Gasteiger partial charge in [0.1, 0.15) is 6.04 Å². The lowest BCUT2D eigenvalue weighted by molar-refractivity contribution is -0.116. The van der Waals surface area contributed by atoms with Crippen LogP contribution in [-0.4, -0.2) is 41.9 Å². The van der Waals surface area contributed by atoms with Crippen LogP contribution in [0.4, 0.5) is 11.9 Å². The van der Waals surface area contributed by atoms with Crippen LogP contribution in [0, 0.1) is 0 Å². The monoisotopic (exact) mass is 453 g/mol. The smallest absolute Gasteiger partial charge is 0.241 e. The van der Waals surface area contributed by atoms with Gasteiger partial charge in [-0.2, -0.15) is 4.98 Å². The molecule has 5 rings (SSSR count). The molecule has 0 radical (unpaired) electrons. The third-order valence-corrected chi connectivity index (χ3v) is 6.92. The fraction of sp³-hybridized carbons (Fsp3) is 0.318. The Bertz CT molecular complexity index is 1190. The second kappa shape index (κ2) is 7.86. The molecular weight excluding hydrogens is 430 g/mol. The summed E-state index contributed by atoms with van der Waals surface area (Å²) in [4.78, 5) is 19.0. The van der Waals surface area contributed by atoms with Crippen LogP contribution >= 0.6 is 11.3 Å².